The standard InChI is InChI=1S/C33H34FN9O/c1-4-5-6-30(44)38-25-13-22(16-35-17-25)20-7-8-28-26(14-20)32(42-41-28)33-39-29-19-36-18-27(31(29)40-33)21-11-23(34)15-24(12-21)37-9-10-43(2)3/h7-8,11-19,37H,4-6,9-10H2,1-3H3,(H,38,44)(H,39,40)(H,41,42). The van der Waals surface area contributed by atoms with Crippen molar-refractivity contribution in [2.75, 3.05) is 37.8 Å². The van der Waals surface area contributed by atoms with Crippen LogP contribution in [0, 0.1) is 5.82 Å². The number of unbranched alkanes of at least 4 members (excludes halogenated alkanes) is 1. The molecule has 0 saturated heterocycles. The number of benzene rings is 2. The lowest BCUT2D eigenvalue weighted by Gasteiger charge is -2.12. The van der Waals surface area contributed by atoms with E-state index in [9.17, 15) is 9.18 Å². The molecule has 1 amide bonds. The van der Waals surface area contributed by atoms with Gasteiger partial charge in [0.15, 0.2) is 5.82 Å². The first-order valence-electron chi connectivity index (χ1n) is 14.6. The summed E-state index contributed by atoms with van der Waals surface area (Å²) in [5, 5.41) is 14.8. The van der Waals surface area contributed by atoms with Crippen LogP contribution in [0.25, 0.3) is 55.7 Å². The van der Waals surface area contributed by atoms with E-state index in [4.69, 9.17) is 4.98 Å². The SMILES string of the molecule is CCCCC(=O)Nc1cncc(-c2ccc3[nH]nc(-c4nc5c(-c6cc(F)cc(NCCN(C)C)c6)cncc5[nH]4)c3c2)c1. The van der Waals surface area contributed by atoms with Crippen molar-refractivity contribution in [1.82, 2.24) is 35.0 Å². The number of nitrogens with zero attached hydrogens (tertiary/aromatic N) is 5. The van der Waals surface area contributed by atoms with E-state index >= 15 is 0 Å². The molecule has 2 aromatic carbocycles. The summed E-state index contributed by atoms with van der Waals surface area (Å²) in [5.74, 6) is 0.202. The number of hydrogen-bond donors (Lipinski definition) is 4. The molecule has 4 aromatic heterocycles. The lowest BCUT2D eigenvalue weighted by Crippen LogP contribution is -2.20. The number of halogens is 1. The molecule has 4 N–H and O–H groups in total. The highest BCUT2D eigenvalue weighted by molar-refractivity contribution is 5.98. The third-order valence-electron chi connectivity index (χ3n) is 7.39. The number of likely N-dealkylation sites (N-methyl/N-ethyl adjacent to an activating group) is 1. The number of anilines is 2. The highest BCUT2D eigenvalue weighted by Gasteiger charge is 2.17. The maximum Gasteiger partial charge on any atom is 0.224 e. The second-order valence-corrected chi connectivity index (χ2v) is 11.1. The van der Waals surface area contributed by atoms with Crippen molar-refractivity contribution in [2.45, 2.75) is 26.2 Å². The Bertz CT molecular complexity index is 1950. The van der Waals surface area contributed by atoms with Crippen molar-refractivity contribution < 1.29 is 9.18 Å². The third kappa shape index (κ3) is 6.28. The molecule has 0 bridgehead atoms. The first-order valence-corrected chi connectivity index (χ1v) is 14.6. The number of amides is 1. The Balaban J connectivity index is 1.33. The van der Waals surface area contributed by atoms with Crippen molar-refractivity contribution in [3.8, 4) is 33.8 Å². The number of hydrogen-bond acceptors (Lipinski definition) is 7. The van der Waals surface area contributed by atoms with Gasteiger partial charge in [0.25, 0.3) is 0 Å². The third-order valence-corrected chi connectivity index (χ3v) is 7.39. The maximum absolute atomic E-state index is 14.7. The van der Waals surface area contributed by atoms with Gasteiger partial charge >= 0.3 is 0 Å². The monoisotopic (exact) mass is 591 g/mol. The Morgan fingerprint density at radius 1 is 0.932 bits per heavy atom. The van der Waals surface area contributed by atoms with Crippen LogP contribution in [-0.2, 0) is 4.79 Å². The van der Waals surface area contributed by atoms with Gasteiger partial charge in [-0.25, -0.2) is 9.37 Å². The van der Waals surface area contributed by atoms with Crippen LogP contribution in [0.1, 0.15) is 26.2 Å². The molecule has 224 valence electrons. The minimum absolute atomic E-state index is 0.0211. The molecule has 0 saturated carbocycles. The molecular formula is C33H34FN9O. The predicted octanol–water partition coefficient (Wildman–Crippen LogP) is 6.47. The minimum atomic E-state index is -0.340. The molecule has 6 aromatic rings. The highest BCUT2D eigenvalue weighted by Crippen LogP contribution is 2.34. The molecule has 0 atom stereocenters. The molecule has 0 aliphatic carbocycles. The fourth-order valence-corrected chi connectivity index (χ4v) is 5.13. The molecule has 0 aliphatic rings. The fraction of sp³-hybridized carbons (Fsp3) is 0.242. The summed E-state index contributed by atoms with van der Waals surface area (Å²) in [5.41, 5.74) is 7.40. The van der Waals surface area contributed by atoms with Gasteiger partial charge in [-0.15, -0.1) is 0 Å². The molecule has 11 heteroatoms. The Hall–Kier alpha value is -5.16. The van der Waals surface area contributed by atoms with E-state index < -0.39 is 0 Å². The van der Waals surface area contributed by atoms with Crippen LogP contribution in [0.5, 0.6) is 0 Å². The summed E-state index contributed by atoms with van der Waals surface area (Å²) < 4.78 is 14.7. The van der Waals surface area contributed by atoms with Crippen molar-refractivity contribution in [3.63, 3.8) is 0 Å². The van der Waals surface area contributed by atoms with Crippen molar-refractivity contribution in [2.24, 2.45) is 0 Å². The topological polar surface area (TPSA) is 128 Å². The summed E-state index contributed by atoms with van der Waals surface area (Å²) >= 11 is 0. The van der Waals surface area contributed by atoms with Crippen molar-refractivity contribution >= 4 is 39.2 Å². The molecular weight excluding hydrogens is 557 g/mol. The van der Waals surface area contributed by atoms with E-state index in [2.05, 4.69) is 47.6 Å². The van der Waals surface area contributed by atoms with Crippen molar-refractivity contribution in [3.05, 3.63) is 73.1 Å². The normalized spacial score (nSPS) is 11.5. The van der Waals surface area contributed by atoms with Gasteiger partial charge in [-0.1, -0.05) is 19.4 Å². The Morgan fingerprint density at radius 3 is 2.61 bits per heavy atom. The number of H-pyrrole nitrogens is 2. The molecule has 6 rings (SSSR count). The largest absolute Gasteiger partial charge is 0.384 e. The van der Waals surface area contributed by atoms with Crippen molar-refractivity contribution in [1.29, 1.82) is 0 Å². The van der Waals surface area contributed by atoms with Crippen LogP contribution in [0.15, 0.2) is 67.3 Å². The number of carbonyl (C=O) groups is 1. The average Bonchev–Trinajstić information content (AvgIpc) is 3.63. The van der Waals surface area contributed by atoms with Gasteiger partial charge < -0.3 is 20.5 Å². The highest BCUT2D eigenvalue weighted by atomic mass is 19.1. The van der Waals surface area contributed by atoms with Crippen LogP contribution < -0.4 is 10.6 Å². The van der Waals surface area contributed by atoms with Gasteiger partial charge in [0.1, 0.15) is 11.5 Å². The zero-order chi connectivity index (χ0) is 30.6. The van der Waals surface area contributed by atoms with Gasteiger partial charge in [0.05, 0.1) is 34.6 Å². The van der Waals surface area contributed by atoms with Crippen LogP contribution in [0.3, 0.4) is 0 Å². The number of rotatable bonds is 11. The lowest BCUT2D eigenvalue weighted by atomic mass is 10.0. The maximum atomic E-state index is 14.7. The molecule has 0 aliphatic heterocycles. The summed E-state index contributed by atoms with van der Waals surface area (Å²) in [7, 11) is 3.99. The summed E-state index contributed by atoms with van der Waals surface area (Å²) in [6.45, 7) is 3.57. The Kier molecular flexibility index (Phi) is 8.29. The van der Waals surface area contributed by atoms with Gasteiger partial charge in [-0.2, -0.15) is 5.10 Å². The van der Waals surface area contributed by atoms with E-state index in [-0.39, 0.29) is 11.7 Å². The smallest absolute Gasteiger partial charge is 0.224 e. The van der Waals surface area contributed by atoms with Gasteiger partial charge in [0, 0.05) is 54.1 Å². The fourth-order valence-electron chi connectivity index (χ4n) is 5.13. The number of aromatic amines is 2. The number of carbonyl (C=O) groups excluding carboxylic acids is 1. The second kappa shape index (κ2) is 12.6. The molecule has 0 unspecified atom stereocenters. The first kappa shape index (κ1) is 28.9. The molecule has 0 spiro atoms. The molecule has 4 heterocycles. The zero-order valence-corrected chi connectivity index (χ0v) is 24.9. The van der Waals surface area contributed by atoms with E-state index in [0.29, 0.717) is 58.0 Å². The lowest BCUT2D eigenvalue weighted by molar-refractivity contribution is -0.116. The number of nitrogens with one attached hydrogen (secondary N) is 4. The quantitative estimate of drug-likeness (QED) is 0.136. The summed E-state index contributed by atoms with van der Waals surface area (Å²) in [4.78, 5) is 31.3. The Morgan fingerprint density at radius 2 is 1.77 bits per heavy atom. The van der Waals surface area contributed by atoms with E-state index in [1.54, 1.807) is 24.8 Å². The first-order chi connectivity index (χ1) is 21.4. The Labute approximate surface area is 254 Å². The molecule has 0 radical (unpaired) electrons. The summed E-state index contributed by atoms with van der Waals surface area (Å²) in [6.07, 6.45) is 9.11. The average molecular weight is 592 g/mol. The van der Waals surface area contributed by atoms with E-state index in [1.165, 1.54) is 12.1 Å². The van der Waals surface area contributed by atoms with Gasteiger partial charge in [-0.05, 0) is 68.0 Å². The zero-order valence-electron chi connectivity index (χ0n) is 24.9. The molecule has 44 heavy (non-hydrogen) atoms. The number of aromatic nitrogens is 6. The number of fused-ring (bicyclic) bond motifs is 2. The molecule has 10 nitrogen and oxygen atoms in total. The second-order valence-electron chi connectivity index (χ2n) is 11.1. The summed E-state index contributed by atoms with van der Waals surface area (Å²) in [6, 6.07) is 12.8. The van der Waals surface area contributed by atoms with E-state index in [0.717, 1.165) is 41.4 Å². The minimum Gasteiger partial charge on any atom is -0.384 e. The number of imidazole rings is 1. The molecule has 0 fully saturated rings. The van der Waals surface area contributed by atoms with Gasteiger partial charge in [0.2, 0.25) is 5.91 Å². The van der Waals surface area contributed by atoms with Crippen LogP contribution in [0.2, 0.25) is 0 Å². The predicted molar refractivity (Wildman–Crippen MR) is 173 cm³/mol. The van der Waals surface area contributed by atoms with Gasteiger partial charge in [-0.3, -0.25) is 19.9 Å². The van der Waals surface area contributed by atoms with E-state index in [1.807, 2.05) is 44.4 Å². The number of pyridine rings is 2. The van der Waals surface area contributed by atoms with Crippen LogP contribution in [-0.4, -0.2) is 68.1 Å². The van der Waals surface area contributed by atoms with Crippen LogP contribution >= 0.6 is 0 Å². The van der Waals surface area contributed by atoms with Crippen LogP contribution in [0.4, 0.5) is 15.8 Å².